The molecular formula is C23H31N3O3. The van der Waals surface area contributed by atoms with Crippen molar-refractivity contribution in [3.63, 3.8) is 0 Å². The van der Waals surface area contributed by atoms with Crippen LogP contribution in [-0.2, 0) is 19.7 Å². The maximum Gasteiger partial charge on any atom is 0.306 e. The molecule has 1 aliphatic carbocycles. The molecule has 0 saturated heterocycles. The minimum Gasteiger partial charge on any atom is -0.456 e. The number of aromatic nitrogens is 2. The molecule has 29 heavy (non-hydrogen) atoms. The van der Waals surface area contributed by atoms with Crippen LogP contribution in [-0.4, -0.2) is 28.3 Å². The van der Waals surface area contributed by atoms with Crippen molar-refractivity contribution in [2.45, 2.75) is 64.7 Å². The molecule has 0 bridgehead atoms. The van der Waals surface area contributed by atoms with Crippen molar-refractivity contribution in [1.82, 2.24) is 9.78 Å². The molecule has 6 heteroatoms. The first-order valence-electron chi connectivity index (χ1n) is 10.4. The lowest BCUT2D eigenvalue weighted by Gasteiger charge is -2.20. The number of rotatable bonds is 6. The standard InChI is InChI=1S/C23H31N3O3/c1-23(2,3)19-15-20(26(25-19)18-12-8-5-9-13-18)24-21(27)16-29-22(28)14-17-10-6-4-7-11-17/h5,8-9,12-13,15,17H,4,6-7,10-11,14,16H2,1-3H3,(H,24,27). The Balaban J connectivity index is 1.63. The third-order valence-corrected chi connectivity index (χ3v) is 5.29. The van der Waals surface area contributed by atoms with Crippen molar-refractivity contribution in [2.75, 3.05) is 11.9 Å². The third kappa shape index (κ3) is 5.92. The Bertz CT molecular complexity index is 831. The SMILES string of the molecule is CC(C)(C)c1cc(NC(=O)COC(=O)CC2CCCCC2)n(-c2ccccc2)n1. The Morgan fingerprint density at radius 3 is 2.48 bits per heavy atom. The summed E-state index contributed by atoms with van der Waals surface area (Å²) in [7, 11) is 0. The lowest BCUT2D eigenvalue weighted by molar-refractivity contribution is -0.148. The third-order valence-electron chi connectivity index (χ3n) is 5.29. The summed E-state index contributed by atoms with van der Waals surface area (Å²) in [4.78, 5) is 24.5. The number of ether oxygens (including phenoxy) is 1. The van der Waals surface area contributed by atoms with Gasteiger partial charge in [0, 0.05) is 17.9 Å². The van der Waals surface area contributed by atoms with E-state index in [-0.39, 0.29) is 23.9 Å². The number of anilines is 1. The average Bonchev–Trinajstić information content (AvgIpc) is 3.12. The van der Waals surface area contributed by atoms with E-state index in [9.17, 15) is 9.59 Å². The fourth-order valence-corrected chi connectivity index (χ4v) is 3.61. The Morgan fingerprint density at radius 2 is 1.83 bits per heavy atom. The van der Waals surface area contributed by atoms with Crippen LogP contribution in [0, 0.1) is 5.92 Å². The summed E-state index contributed by atoms with van der Waals surface area (Å²) in [5.41, 5.74) is 1.56. The number of benzene rings is 1. The number of carbonyl (C=O) groups is 2. The summed E-state index contributed by atoms with van der Waals surface area (Å²) in [6.07, 6.45) is 6.17. The highest BCUT2D eigenvalue weighted by Gasteiger charge is 2.22. The largest absolute Gasteiger partial charge is 0.456 e. The summed E-state index contributed by atoms with van der Waals surface area (Å²) in [5.74, 6) is 0.307. The van der Waals surface area contributed by atoms with Crippen LogP contribution in [0.2, 0.25) is 0 Å². The molecule has 6 nitrogen and oxygen atoms in total. The van der Waals surface area contributed by atoms with Gasteiger partial charge >= 0.3 is 5.97 Å². The van der Waals surface area contributed by atoms with Gasteiger partial charge in [-0.25, -0.2) is 4.68 Å². The van der Waals surface area contributed by atoms with Crippen LogP contribution in [0.1, 0.15) is 65.0 Å². The molecule has 0 atom stereocenters. The number of nitrogens with one attached hydrogen (secondary N) is 1. The lowest BCUT2D eigenvalue weighted by Crippen LogP contribution is -2.23. The molecule has 3 rings (SSSR count). The number of carbonyl (C=O) groups excluding carboxylic acids is 2. The minimum atomic E-state index is -0.362. The van der Waals surface area contributed by atoms with Gasteiger partial charge in [-0.2, -0.15) is 5.10 Å². The van der Waals surface area contributed by atoms with E-state index in [0.717, 1.165) is 24.2 Å². The fourth-order valence-electron chi connectivity index (χ4n) is 3.61. The van der Waals surface area contributed by atoms with E-state index >= 15 is 0 Å². The van der Waals surface area contributed by atoms with Gasteiger partial charge in [-0.1, -0.05) is 58.2 Å². The number of amides is 1. The maximum atomic E-state index is 12.4. The molecule has 1 aromatic heterocycles. The first kappa shape index (κ1) is 21.1. The Labute approximate surface area is 172 Å². The van der Waals surface area contributed by atoms with Crippen LogP contribution >= 0.6 is 0 Å². The zero-order chi connectivity index (χ0) is 20.9. The molecule has 1 aliphatic rings. The molecule has 1 saturated carbocycles. The quantitative estimate of drug-likeness (QED) is 0.722. The van der Waals surface area contributed by atoms with E-state index in [1.165, 1.54) is 19.3 Å². The van der Waals surface area contributed by atoms with Crippen LogP contribution in [0.3, 0.4) is 0 Å². The van der Waals surface area contributed by atoms with E-state index < -0.39 is 0 Å². The van der Waals surface area contributed by atoms with Crippen LogP contribution in [0.4, 0.5) is 5.82 Å². The van der Waals surface area contributed by atoms with Crippen LogP contribution < -0.4 is 5.32 Å². The molecule has 1 aromatic carbocycles. The van der Waals surface area contributed by atoms with Gasteiger partial charge in [0.1, 0.15) is 5.82 Å². The van der Waals surface area contributed by atoms with E-state index in [1.54, 1.807) is 4.68 Å². The molecule has 0 radical (unpaired) electrons. The topological polar surface area (TPSA) is 73.2 Å². The second-order valence-corrected chi connectivity index (χ2v) is 8.83. The molecule has 1 fully saturated rings. The first-order valence-corrected chi connectivity index (χ1v) is 10.4. The highest BCUT2D eigenvalue weighted by molar-refractivity contribution is 5.92. The number of hydrogen-bond donors (Lipinski definition) is 1. The van der Waals surface area contributed by atoms with Gasteiger partial charge < -0.3 is 10.1 Å². The van der Waals surface area contributed by atoms with Crippen LogP contribution in [0.5, 0.6) is 0 Å². The second-order valence-electron chi connectivity index (χ2n) is 8.83. The molecule has 1 amide bonds. The summed E-state index contributed by atoms with van der Waals surface area (Å²) >= 11 is 0. The summed E-state index contributed by atoms with van der Waals surface area (Å²) < 4.78 is 6.93. The van der Waals surface area contributed by atoms with Crippen LogP contribution in [0.15, 0.2) is 36.4 Å². The first-order chi connectivity index (χ1) is 13.8. The second kappa shape index (κ2) is 9.25. The molecular weight excluding hydrogens is 366 g/mol. The zero-order valence-corrected chi connectivity index (χ0v) is 17.6. The van der Waals surface area contributed by atoms with Gasteiger partial charge in [0.15, 0.2) is 6.61 Å². The van der Waals surface area contributed by atoms with Gasteiger partial charge in [0.2, 0.25) is 0 Å². The number of esters is 1. The van der Waals surface area contributed by atoms with Crippen molar-refractivity contribution in [3.05, 3.63) is 42.1 Å². The summed E-state index contributed by atoms with van der Waals surface area (Å²) in [5, 5.41) is 7.52. The predicted octanol–water partition coefficient (Wildman–Crippen LogP) is 4.62. The molecule has 0 spiro atoms. The van der Waals surface area contributed by atoms with Gasteiger partial charge in [-0.3, -0.25) is 9.59 Å². The average molecular weight is 398 g/mol. The van der Waals surface area contributed by atoms with Crippen LogP contribution in [0.25, 0.3) is 5.69 Å². The number of nitrogens with zero attached hydrogens (tertiary/aromatic N) is 2. The van der Waals surface area contributed by atoms with E-state index in [2.05, 4.69) is 31.2 Å². The predicted molar refractivity (Wildman–Crippen MR) is 113 cm³/mol. The van der Waals surface area contributed by atoms with Gasteiger partial charge in [-0.05, 0) is 30.9 Å². The van der Waals surface area contributed by atoms with Gasteiger partial charge in [0.25, 0.3) is 5.91 Å². The normalized spacial score (nSPS) is 15.1. The monoisotopic (exact) mass is 397 g/mol. The highest BCUT2D eigenvalue weighted by Crippen LogP contribution is 2.27. The van der Waals surface area contributed by atoms with Crippen molar-refractivity contribution in [2.24, 2.45) is 5.92 Å². The van der Waals surface area contributed by atoms with Crippen molar-refractivity contribution in [3.8, 4) is 5.69 Å². The van der Waals surface area contributed by atoms with Gasteiger partial charge in [-0.15, -0.1) is 0 Å². The minimum absolute atomic E-state index is 0.161. The molecule has 0 aliphatic heterocycles. The lowest BCUT2D eigenvalue weighted by atomic mass is 9.87. The Hall–Kier alpha value is -2.63. The highest BCUT2D eigenvalue weighted by atomic mass is 16.5. The Morgan fingerprint density at radius 1 is 1.14 bits per heavy atom. The van der Waals surface area contributed by atoms with Crippen molar-refractivity contribution in [1.29, 1.82) is 0 Å². The van der Waals surface area contributed by atoms with Crippen molar-refractivity contribution < 1.29 is 14.3 Å². The fraction of sp³-hybridized carbons (Fsp3) is 0.522. The van der Waals surface area contributed by atoms with E-state index in [1.807, 2.05) is 36.4 Å². The molecule has 2 aromatic rings. The smallest absolute Gasteiger partial charge is 0.306 e. The molecule has 1 heterocycles. The van der Waals surface area contributed by atoms with E-state index in [0.29, 0.717) is 18.2 Å². The van der Waals surface area contributed by atoms with E-state index in [4.69, 9.17) is 4.74 Å². The summed E-state index contributed by atoms with van der Waals surface area (Å²) in [6, 6.07) is 11.5. The number of para-hydroxylation sites is 1. The molecule has 0 unspecified atom stereocenters. The maximum absolute atomic E-state index is 12.4. The Kier molecular flexibility index (Phi) is 6.72. The van der Waals surface area contributed by atoms with Crippen molar-refractivity contribution >= 4 is 17.7 Å². The zero-order valence-electron chi connectivity index (χ0n) is 17.6. The summed E-state index contributed by atoms with van der Waals surface area (Å²) in [6.45, 7) is 5.94. The van der Waals surface area contributed by atoms with Gasteiger partial charge in [0.05, 0.1) is 11.4 Å². The molecule has 156 valence electrons. The molecule has 1 N–H and O–H groups in total. The number of hydrogen-bond acceptors (Lipinski definition) is 4.